The molecule has 0 radical (unpaired) electrons. The lowest BCUT2D eigenvalue weighted by Crippen LogP contribution is -2.26. The van der Waals surface area contributed by atoms with Crippen molar-refractivity contribution in [3.63, 3.8) is 0 Å². The molecule has 0 saturated heterocycles. The fourth-order valence-electron chi connectivity index (χ4n) is 1.70. The monoisotopic (exact) mass is 277 g/mol. The van der Waals surface area contributed by atoms with Crippen LogP contribution in [-0.2, 0) is 0 Å². The van der Waals surface area contributed by atoms with Crippen LogP contribution in [-0.4, -0.2) is 40.6 Å². The number of nitro benzene ring substituents is 1. The Labute approximate surface area is 115 Å². The van der Waals surface area contributed by atoms with Crippen LogP contribution < -0.4 is 5.73 Å². The largest absolute Gasteiger partial charge is 0.334 e. The maximum atomic E-state index is 10.6. The third-order valence-corrected chi connectivity index (χ3v) is 2.66. The molecule has 1 heterocycles. The minimum absolute atomic E-state index is 0.0118. The van der Waals surface area contributed by atoms with Crippen LogP contribution in [0, 0.1) is 10.1 Å². The first kappa shape index (κ1) is 14.1. The minimum Gasteiger partial charge on any atom is -0.334 e. The number of nitro groups is 1. The molecule has 0 aliphatic carbocycles. The molecule has 1 unspecified atom stereocenters. The van der Waals surface area contributed by atoms with Crippen molar-refractivity contribution < 1.29 is 9.45 Å². The molecule has 0 amide bonds. The van der Waals surface area contributed by atoms with Gasteiger partial charge in [0.15, 0.2) is 5.82 Å². The van der Waals surface area contributed by atoms with Crippen molar-refractivity contribution in [2.24, 2.45) is 5.73 Å². The second kappa shape index (κ2) is 5.76. The third-order valence-electron chi connectivity index (χ3n) is 2.66. The van der Waals surface area contributed by atoms with Crippen LogP contribution in [0.2, 0.25) is 0 Å². The zero-order valence-electron chi connectivity index (χ0n) is 11.2. The van der Waals surface area contributed by atoms with Gasteiger partial charge >= 0.3 is 0 Å². The highest BCUT2D eigenvalue weighted by Crippen LogP contribution is 2.21. The fraction of sp³-hybridized carbons (Fsp3) is 0.333. The molecule has 2 N–H and O–H groups in total. The molecule has 2 aromatic rings. The van der Waals surface area contributed by atoms with Crippen LogP contribution in [0.1, 0.15) is 11.9 Å². The number of nitrogens with two attached hydrogens (primary N) is 1. The Hall–Kier alpha value is -2.32. The van der Waals surface area contributed by atoms with E-state index in [0.29, 0.717) is 23.8 Å². The van der Waals surface area contributed by atoms with E-state index in [1.54, 1.807) is 12.1 Å². The summed E-state index contributed by atoms with van der Waals surface area (Å²) in [7, 11) is 3.80. The smallest absolute Gasteiger partial charge is 0.269 e. The molecule has 20 heavy (non-hydrogen) atoms. The molecule has 0 spiro atoms. The first-order chi connectivity index (χ1) is 9.47. The van der Waals surface area contributed by atoms with Crippen molar-refractivity contribution in [3.05, 3.63) is 40.2 Å². The lowest BCUT2D eigenvalue weighted by atomic mass is 10.2. The number of benzene rings is 1. The van der Waals surface area contributed by atoms with E-state index in [-0.39, 0.29) is 11.7 Å². The molecule has 0 fully saturated rings. The molecule has 1 aromatic carbocycles. The average Bonchev–Trinajstić information content (AvgIpc) is 2.87. The van der Waals surface area contributed by atoms with Crippen LogP contribution in [0.15, 0.2) is 28.8 Å². The van der Waals surface area contributed by atoms with Crippen molar-refractivity contribution in [3.8, 4) is 11.5 Å². The van der Waals surface area contributed by atoms with Crippen LogP contribution in [0.3, 0.4) is 0 Å². The zero-order valence-corrected chi connectivity index (χ0v) is 11.2. The summed E-state index contributed by atoms with van der Waals surface area (Å²) in [6, 6.07) is 5.55. The van der Waals surface area contributed by atoms with Gasteiger partial charge in [-0.3, -0.25) is 10.1 Å². The van der Waals surface area contributed by atoms with E-state index in [2.05, 4.69) is 10.1 Å². The third kappa shape index (κ3) is 3.16. The maximum Gasteiger partial charge on any atom is 0.269 e. The topological polar surface area (TPSA) is 111 Å². The van der Waals surface area contributed by atoms with Gasteiger partial charge in [0.1, 0.15) is 0 Å². The predicted molar refractivity (Wildman–Crippen MR) is 71.9 cm³/mol. The molecule has 0 bridgehead atoms. The summed E-state index contributed by atoms with van der Waals surface area (Å²) in [6.07, 6.45) is 0. The molecular weight excluding hydrogens is 262 g/mol. The number of aromatic nitrogens is 2. The van der Waals surface area contributed by atoms with Gasteiger partial charge in [-0.05, 0) is 26.2 Å². The number of nitrogens with zero attached hydrogens (tertiary/aromatic N) is 4. The highest BCUT2D eigenvalue weighted by atomic mass is 16.6. The predicted octanol–water partition coefficient (Wildman–Crippen LogP) is 1.21. The summed E-state index contributed by atoms with van der Waals surface area (Å²) >= 11 is 0. The van der Waals surface area contributed by atoms with Gasteiger partial charge in [-0.25, -0.2) is 0 Å². The first-order valence-corrected chi connectivity index (χ1v) is 5.96. The van der Waals surface area contributed by atoms with Crippen LogP contribution in [0.25, 0.3) is 11.5 Å². The van der Waals surface area contributed by atoms with Gasteiger partial charge in [-0.2, -0.15) is 4.98 Å². The number of hydrogen-bond donors (Lipinski definition) is 1. The number of rotatable bonds is 5. The van der Waals surface area contributed by atoms with E-state index in [9.17, 15) is 10.1 Å². The summed E-state index contributed by atoms with van der Waals surface area (Å²) in [6.45, 7) is 0.596. The summed E-state index contributed by atoms with van der Waals surface area (Å²) < 4.78 is 5.12. The van der Waals surface area contributed by atoms with E-state index in [4.69, 9.17) is 10.3 Å². The highest BCUT2D eigenvalue weighted by Gasteiger charge is 2.16. The Balaban J connectivity index is 2.18. The number of non-ortho nitro benzene ring substituents is 1. The van der Waals surface area contributed by atoms with Crippen LogP contribution in [0.5, 0.6) is 0 Å². The van der Waals surface area contributed by atoms with Crippen LogP contribution in [0.4, 0.5) is 5.69 Å². The molecule has 0 aliphatic heterocycles. The van der Waals surface area contributed by atoms with Crippen molar-refractivity contribution in [2.75, 3.05) is 20.6 Å². The van der Waals surface area contributed by atoms with Crippen molar-refractivity contribution in [1.82, 2.24) is 15.0 Å². The Bertz CT molecular complexity index is 593. The van der Waals surface area contributed by atoms with Gasteiger partial charge in [-0.15, -0.1) is 0 Å². The van der Waals surface area contributed by atoms with Gasteiger partial charge < -0.3 is 15.2 Å². The quantitative estimate of drug-likeness (QED) is 0.645. The second-order valence-electron chi connectivity index (χ2n) is 4.63. The highest BCUT2D eigenvalue weighted by molar-refractivity contribution is 5.55. The van der Waals surface area contributed by atoms with Gasteiger partial charge in [0, 0.05) is 24.2 Å². The normalized spacial score (nSPS) is 12.6. The number of hydrogen-bond acceptors (Lipinski definition) is 7. The molecule has 8 heteroatoms. The van der Waals surface area contributed by atoms with Gasteiger partial charge in [0.2, 0.25) is 0 Å². The van der Waals surface area contributed by atoms with Crippen molar-refractivity contribution in [1.29, 1.82) is 0 Å². The van der Waals surface area contributed by atoms with Crippen molar-refractivity contribution >= 4 is 5.69 Å². The minimum atomic E-state index is -0.462. The van der Waals surface area contributed by atoms with E-state index in [1.807, 2.05) is 19.0 Å². The standard InChI is InChI=1S/C12H15N5O3/c1-16(2)7-10(13)11-14-12(20-15-11)8-3-5-9(6-4-8)17(18)19/h3-6,10H,7,13H2,1-2H3. The van der Waals surface area contributed by atoms with E-state index >= 15 is 0 Å². The summed E-state index contributed by atoms with van der Waals surface area (Å²) in [4.78, 5) is 16.2. The average molecular weight is 277 g/mol. The summed E-state index contributed by atoms with van der Waals surface area (Å²) in [5, 5.41) is 14.4. The maximum absolute atomic E-state index is 10.6. The first-order valence-electron chi connectivity index (χ1n) is 5.96. The summed E-state index contributed by atoms with van der Waals surface area (Å²) in [5.41, 5.74) is 6.56. The lowest BCUT2D eigenvalue weighted by molar-refractivity contribution is -0.384. The van der Waals surface area contributed by atoms with Gasteiger partial charge in [0.25, 0.3) is 11.6 Å². The second-order valence-corrected chi connectivity index (χ2v) is 4.63. The van der Waals surface area contributed by atoms with Crippen molar-refractivity contribution in [2.45, 2.75) is 6.04 Å². The molecule has 1 atom stereocenters. The molecule has 8 nitrogen and oxygen atoms in total. The van der Waals surface area contributed by atoms with E-state index in [0.717, 1.165) is 0 Å². The molecule has 0 aliphatic rings. The Morgan fingerprint density at radius 1 is 1.40 bits per heavy atom. The van der Waals surface area contributed by atoms with Crippen LogP contribution >= 0.6 is 0 Å². The SMILES string of the molecule is CN(C)CC(N)c1noc(-c2ccc([N+](=O)[O-])cc2)n1. The van der Waals surface area contributed by atoms with E-state index < -0.39 is 4.92 Å². The molecule has 0 saturated carbocycles. The number of likely N-dealkylation sites (N-methyl/N-ethyl adjacent to an activating group) is 1. The molecule has 2 rings (SSSR count). The molecule has 1 aromatic heterocycles. The lowest BCUT2D eigenvalue weighted by Gasteiger charge is -2.12. The van der Waals surface area contributed by atoms with Gasteiger partial charge in [0.05, 0.1) is 11.0 Å². The van der Waals surface area contributed by atoms with E-state index in [1.165, 1.54) is 12.1 Å². The Kier molecular flexibility index (Phi) is 4.06. The van der Waals surface area contributed by atoms with Gasteiger partial charge in [-0.1, -0.05) is 5.16 Å². The molecular formula is C12H15N5O3. The zero-order chi connectivity index (χ0) is 14.7. The Morgan fingerprint density at radius 2 is 2.05 bits per heavy atom. The Morgan fingerprint density at radius 3 is 2.60 bits per heavy atom. The summed E-state index contributed by atoms with van der Waals surface area (Å²) in [5.74, 6) is 0.705. The molecule has 106 valence electrons. The fourth-order valence-corrected chi connectivity index (χ4v) is 1.70.